The number of fused-ring (bicyclic) bond motifs is 1. The SMILES string of the molecule is COc1cc(/C=C2/NC(=O)N(Cc3ccccc3)C2=O)cc(I)c1OCc1cccc2ccccc12. The van der Waals surface area contributed by atoms with E-state index in [1.54, 1.807) is 19.3 Å². The van der Waals surface area contributed by atoms with Crippen LogP contribution in [-0.2, 0) is 17.9 Å². The Morgan fingerprint density at radius 3 is 2.50 bits per heavy atom. The number of nitrogens with one attached hydrogen (secondary N) is 1. The van der Waals surface area contributed by atoms with E-state index in [4.69, 9.17) is 9.47 Å². The lowest BCUT2D eigenvalue weighted by Crippen LogP contribution is -2.30. The Labute approximate surface area is 222 Å². The fourth-order valence-corrected chi connectivity index (χ4v) is 4.96. The molecule has 1 aliphatic rings. The molecular formula is C29H23IN2O4. The summed E-state index contributed by atoms with van der Waals surface area (Å²) in [7, 11) is 1.58. The van der Waals surface area contributed by atoms with Gasteiger partial charge in [-0.3, -0.25) is 9.69 Å². The number of carbonyl (C=O) groups is 2. The predicted octanol–water partition coefficient (Wildman–Crippen LogP) is 6.12. The summed E-state index contributed by atoms with van der Waals surface area (Å²) in [6.45, 7) is 0.599. The van der Waals surface area contributed by atoms with E-state index in [-0.39, 0.29) is 18.1 Å². The van der Waals surface area contributed by atoms with Gasteiger partial charge in [0.15, 0.2) is 11.5 Å². The molecule has 4 aromatic carbocycles. The first-order valence-electron chi connectivity index (χ1n) is 11.4. The van der Waals surface area contributed by atoms with Gasteiger partial charge in [-0.1, -0.05) is 72.8 Å². The zero-order chi connectivity index (χ0) is 25.1. The molecule has 1 heterocycles. The van der Waals surface area contributed by atoms with Crippen molar-refractivity contribution >= 4 is 51.4 Å². The van der Waals surface area contributed by atoms with Crippen molar-refractivity contribution in [3.05, 3.63) is 111 Å². The van der Waals surface area contributed by atoms with Gasteiger partial charge < -0.3 is 14.8 Å². The largest absolute Gasteiger partial charge is 0.493 e. The van der Waals surface area contributed by atoms with Gasteiger partial charge in [-0.25, -0.2) is 4.79 Å². The molecule has 5 rings (SSSR count). The van der Waals surface area contributed by atoms with Crippen LogP contribution in [0.25, 0.3) is 16.8 Å². The zero-order valence-electron chi connectivity index (χ0n) is 19.5. The van der Waals surface area contributed by atoms with Crippen molar-refractivity contribution in [2.24, 2.45) is 0 Å². The Bertz CT molecular complexity index is 1480. The molecule has 4 aromatic rings. The van der Waals surface area contributed by atoms with Crippen LogP contribution >= 0.6 is 22.6 Å². The second kappa shape index (κ2) is 10.4. The maximum Gasteiger partial charge on any atom is 0.329 e. The first-order valence-corrected chi connectivity index (χ1v) is 12.5. The van der Waals surface area contributed by atoms with Gasteiger partial charge in [0.2, 0.25) is 0 Å². The van der Waals surface area contributed by atoms with E-state index in [1.165, 1.54) is 4.90 Å². The van der Waals surface area contributed by atoms with Gasteiger partial charge in [-0.05, 0) is 68.3 Å². The Kier molecular flexibility index (Phi) is 6.90. The standard InChI is InChI=1S/C29H23IN2O4/c1-35-26-16-20(15-25-28(33)32(29(34)31-25)17-19-8-3-2-4-9-19)14-24(30)27(26)36-18-22-12-7-11-21-10-5-6-13-23(21)22/h2-16H,17-18H2,1H3,(H,31,34)/b25-15+. The molecule has 180 valence electrons. The fraction of sp³-hybridized carbons (Fsp3) is 0.103. The number of hydrogen-bond donors (Lipinski definition) is 1. The predicted molar refractivity (Wildman–Crippen MR) is 147 cm³/mol. The molecule has 0 atom stereocenters. The van der Waals surface area contributed by atoms with Crippen LogP contribution in [0.3, 0.4) is 0 Å². The van der Waals surface area contributed by atoms with Crippen LogP contribution in [0.15, 0.2) is 90.6 Å². The van der Waals surface area contributed by atoms with Crippen molar-refractivity contribution in [1.29, 1.82) is 0 Å². The third kappa shape index (κ3) is 4.92. The number of ether oxygens (including phenoxy) is 2. The van der Waals surface area contributed by atoms with Gasteiger partial charge in [-0.2, -0.15) is 0 Å². The molecule has 0 saturated carbocycles. The average molecular weight is 590 g/mol. The van der Waals surface area contributed by atoms with Gasteiger partial charge in [0.1, 0.15) is 12.3 Å². The number of hydrogen-bond acceptors (Lipinski definition) is 4. The average Bonchev–Trinajstić information content (AvgIpc) is 3.15. The Hall–Kier alpha value is -3.85. The summed E-state index contributed by atoms with van der Waals surface area (Å²) in [6, 6.07) is 27.0. The number of urea groups is 1. The molecule has 1 saturated heterocycles. The number of amides is 3. The van der Waals surface area contributed by atoms with E-state index >= 15 is 0 Å². The lowest BCUT2D eigenvalue weighted by molar-refractivity contribution is -0.123. The number of imide groups is 1. The van der Waals surface area contributed by atoms with Crippen LogP contribution in [0.5, 0.6) is 11.5 Å². The summed E-state index contributed by atoms with van der Waals surface area (Å²) in [5.74, 6) is 0.807. The van der Waals surface area contributed by atoms with Gasteiger partial charge in [0.25, 0.3) is 5.91 Å². The summed E-state index contributed by atoms with van der Waals surface area (Å²) in [5, 5.41) is 4.99. The second-order valence-electron chi connectivity index (χ2n) is 8.33. The smallest absolute Gasteiger partial charge is 0.329 e. The van der Waals surface area contributed by atoms with Crippen molar-refractivity contribution in [3.63, 3.8) is 0 Å². The van der Waals surface area contributed by atoms with E-state index in [9.17, 15) is 9.59 Å². The Balaban J connectivity index is 1.37. The normalized spacial score (nSPS) is 14.4. The van der Waals surface area contributed by atoms with Crippen LogP contribution in [0.4, 0.5) is 4.79 Å². The molecule has 0 spiro atoms. The lowest BCUT2D eigenvalue weighted by Gasteiger charge is -2.15. The van der Waals surface area contributed by atoms with Gasteiger partial charge in [0, 0.05) is 0 Å². The van der Waals surface area contributed by atoms with Gasteiger partial charge in [-0.15, -0.1) is 0 Å². The third-order valence-corrected chi connectivity index (χ3v) is 6.76. The minimum atomic E-state index is -0.438. The van der Waals surface area contributed by atoms with Crippen LogP contribution in [0.1, 0.15) is 16.7 Å². The van der Waals surface area contributed by atoms with Crippen molar-refractivity contribution in [2.45, 2.75) is 13.2 Å². The highest BCUT2D eigenvalue weighted by Gasteiger charge is 2.33. The number of nitrogens with zero attached hydrogens (tertiary/aromatic N) is 1. The molecule has 0 aromatic heterocycles. The first kappa shape index (κ1) is 23.9. The van der Waals surface area contributed by atoms with Crippen LogP contribution in [0, 0.1) is 3.57 Å². The van der Waals surface area contributed by atoms with E-state index in [0.717, 1.165) is 31.0 Å². The summed E-state index contributed by atoms with van der Waals surface area (Å²) in [5.41, 5.74) is 2.90. The minimum Gasteiger partial charge on any atom is -0.493 e. The molecule has 0 aliphatic carbocycles. The van der Waals surface area contributed by atoms with Crippen LogP contribution in [0.2, 0.25) is 0 Å². The highest BCUT2D eigenvalue weighted by molar-refractivity contribution is 14.1. The quantitative estimate of drug-likeness (QED) is 0.160. The summed E-state index contributed by atoms with van der Waals surface area (Å²) in [4.78, 5) is 26.6. The maximum atomic E-state index is 12.9. The fourth-order valence-electron chi connectivity index (χ4n) is 4.18. The number of methoxy groups -OCH3 is 1. The summed E-state index contributed by atoms with van der Waals surface area (Å²) >= 11 is 2.19. The topological polar surface area (TPSA) is 67.9 Å². The highest BCUT2D eigenvalue weighted by Crippen LogP contribution is 2.36. The van der Waals surface area contributed by atoms with E-state index in [2.05, 4.69) is 52.2 Å². The number of halogens is 1. The molecule has 7 heteroatoms. The number of benzene rings is 4. The van der Waals surface area contributed by atoms with E-state index in [1.807, 2.05) is 54.6 Å². The molecular weight excluding hydrogens is 567 g/mol. The molecule has 1 N–H and O–H groups in total. The Morgan fingerprint density at radius 2 is 1.69 bits per heavy atom. The zero-order valence-corrected chi connectivity index (χ0v) is 21.7. The van der Waals surface area contributed by atoms with Crippen LogP contribution in [-0.4, -0.2) is 23.9 Å². The first-order chi connectivity index (χ1) is 17.5. The van der Waals surface area contributed by atoms with Gasteiger partial charge >= 0.3 is 6.03 Å². The highest BCUT2D eigenvalue weighted by atomic mass is 127. The number of carbonyl (C=O) groups excluding carboxylic acids is 2. The van der Waals surface area contributed by atoms with Crippen molar-refractivity contribution in [3.8, 4) is 11.5 Å². The molecule has 0 bridgehead atoms. The Morgan fingerprint density at radius 1 is 0.944 bits per heavy atom. The summed E-state index contributed by atoms with van der Waals surface area (Å²) in [6.07, 6.45) is 1.66. The minimum absolute atomic E-state index is 0.213. The third-order valence-electron chi connectivity index (χ3n) is 5.96. The van der Waals surface area contributed by atoms with E-state index in [0.29, 0.717) is 18.1 Å². The van der Waals surface area contributed by atoms with Crippen molar-refractivity contribution in [1.82, 2.24) is 10.2 Å². The van der Waals surface area contributed by atoms with Crippen molar-refractivity contribution in [2.75, 3.05) is 7.11 Å². The molecule has 1 fully saturated rings. The molecule has 1 aliphatic heterocycles. The molecule has 3 amide bonds. The molecule has 36 heavy (non-hydrogen) atoms. The maximum absolute atomic E-state index is 12.9. The second-order valence-corrected chi connectivity index (χ2v) is 9.49. The monoisotopic (exact) mass is 590 g/mol. The lowest BCUT2D eigenvalue weighted by atomic mass is 10.1. The van der Waals surface area contributed by atoms with E-state index < -0.39 is 6.03 Å². The summed E-state index contributed by atoms with van der Waals surface area (Å²) < 4.78 is 12.6. The molecule has 0 unspecified atom stereocenters. The van der Waals surface area contributed by atoms with Crippen LogP contribution < -0.4 is 14.8 Å². The molecule has 6 nitrogen and oxygen atoms in total. The van der Waals surface area contributed by atoms with Gasteiger partial charge in [0.05, 0.1) is 17.2 Å². The molecule has 0 radical (unpaired) electrons. The number of rotatable bonds is 7. The van der Waals surface area contributed by atoms with Crippen molar-refractivity contribution < 1.29 is 19.1 Å².